The quantitative estimate of drug-likeness (QED) is 0.562. The first kappa shape index (κ1) is 24.8. The van der Waals surface area contributed by atoms with Crippen molar-refractivity contribution in [1.82, 2.24) is 15.5 Å². The zero-order valence-corrected chi connectivity index (χ0v) is 19.8. The fraction of sp³-hybridized carbons (Fsp3) is 0.667. The van der Waals surface area contributed by atoms with E-state index in [-0.39, 0.29) is 35.7 Å². The Hall–Kier alpha value is -2.33. The molecule has 1 unspecified atom stereocenters. The van der Waals surface area contributed by atoms with E-state index in [9.17, 15) is 22.8 Å². The van der Waals surface area contributed by atoms with E-state index in [1.54, 1.807) is 6.07 Å². The van der Waals surface area contributed by atoms with E-state index in [2.05, 4.69) is 34.7 Å². The molecule has 34 heavy (non-hydrogen) atoms. The number of amides is 2. The summed E-state index contributed by atoms with van der Waals surface area (Å²) in [7, 11) is 0. The first-order valence-electron chi connectivity index (χ1n) is 12.1. The number of hydrogen-bond acceptors (Lipinski definition) is 6. The number of piperazine rings is 1. The molecule has 3 N–H and O–H groups in total. The van der Waals surface area contributed by atoms with Crippen molar-refractivity contribution in [1.29, 1.82) is 0 Å². The minimum absolute atomic E-state index is 0.0107. The van der Waals surface area contributed by atoms with E-state index in [0.717, 1.165) is 32.0 Å². The van der Waals surface area contributed by atoms with Gasteiger partial charge < -0.3 is 15.5 Å². The Morgan fingerprint density at radius 2 is 1.68 bits per heavy atom. The number of nitrogens with zero attached hydrogens (tertiary/aromatic N) is 2. The van der Waals surface area contributed by atoms with E-state index in [4.69, 9.17) is 0 Å². The number of benzene rings is 1. The molecule has 3 fully saturated rings. The lowest BCUT2D eigenvalue weighted by Gasteiger charge is -2.49. The Morgan fingerprint density at radius 1 is 1.00 bits per heavy atom. The molecule has 0 radical (unpaired) electrons. The van der Waals surface area contributed by atoms with Crippen molar-refractivity contribution in [3.05, 3.63) is 23.8 Å². The maximum atomic E-state index is 14.0. The van der Waals surface area contributed by atoms with Crippen LogP contribution in [0.1, 0.15) is 45.1 Å². The van der Waals surface area contributed by atoms with E-state index in [1.165, 1.54) is 6.07 Å². The number of carbonyl (C=O) groups is 2. The number of nitrogens with one attached hydrogen (secondary N) is 3. The molecule has 1 atom stereocenters. The second-order valence-corrected chi connectivity index (χ2v) is 10.0. The molecule has 7 nitrogen and oxygen atoms in total. The first-order valence-corrected chi connectivity index (χ1v) is 12.1. The highest BCUT2D eigenvalue weighted by atomic mass is 19.4. The molecule has 4 rings (SSSR count). The van der Waals surface area contributed by atoms with Crippen molar-refractivity contribution in [3.63, 3.8) is 0 Å². The van der Waals surface area contributed by atoms with Crippen LogP contribution in [-0.2, 0) is 15.8 Å². The molecule has 0 aliphatic carbocycles. The van der Waals surface area contributed by atoms with Crippen molar-refractivity contribution in [2.45, 2.75) is 57.3 Å². The van der Waals surface area contributed by atoms with E-state index in [1.807, 2.05) is 4.90 Å². The molecule has 3 aliphatic rings. The summed E-state index contributed by atoms with van der Waals surface area (Å²) in [6.07, 6.45) is -1.88. The SMILES string of the molecule is CC(C)(C1CCNCC1)N1CCN(c2ccc(NC3CCC(=O)NC3=O)cc2C(F)(F)F)CC1. The van der Waals surface area contributed by atoms with Crippen LogP contribution < -0.4 is 20.9 Å². The van der Waals surface area contributed by atoms with E-state index in [0.29, 0.717) is 32.1 Å². The number of halogens is 3. The summed E-state index contributed by atoms with van der Waals surface area (Å²) in [5.74, 6) is -0.304. The van der Waals surface area contributed by atoms with Gasteiger partial charge in [-0.2, -0.15) is 13.2 Å². The summed E-state index contributed by atoms with van der Waals surface area (Å²) in [6.45, 7) is 9.03. The predicted molar refractivity (Wildman–Crippen MR) is 125 cm³/mol. The second-order valence-electron chi connectivity index (χ2n) is 10.0. The molecule has 0 spiro atoms. The second kappa shape index (κ2) is 9.73. The van der Waals surface area contributed by atoms with Crippen molar-refractivity contribution in [2.75, 3.05) is 49.5 Å². The lowest BCUT2D eigenvalue weighted by Crippen LogP contribution is -2.58. The number of carbonyl (C=O) groups excluding carboxylic acids is 2. The van der Waals surface area contributed by atoms with Crippen LogP contribution in [0.15, 0.2) is 18.2 Å². The van der Waals surface area contributed by atoms with Crippen molar-refractivity contribution in [2.24, 2.45) is 5.92 Å². The third kappa shape index (κ3) is 5.33. The van der Waals surface area contributed by atoms with Gasteiger partial charge in [-0.15, -0.1) is 0 Å². The van der Waals surface area contributed by atoms with E-state index >= 15 is 0 Å². The first-order chi connectivity index (χ1) is 16.1. The van der Waals surface area contributed by atoms with Gasteiger partial charge in [0, 0.05) is 49.5 Å². The van der Waals surface area contributed by atoms with Gasteiger partial charge in [0.05, 0.1) is 5.56 Å². The van der Waals surface area contributed by atoms with Gasteiger partial charge in [0.2, 0.25) is 11.8 Å². The summed E-state index contributed by atoms with van der Waals surface area (Å²) in [5, 5.41) is 8.48. The molecule has 1 aromatic carbocycles. The molecule has 3 aliphatic heterocycles. The molecule has 1 aromatic rings. The van der Waals surface area contributed by atoms with Crippen LogP contribution in [0.3, 0.4) is 0 Å². The standard InChI is InChI=1S/C24H34F3N5O2/c1-23(2,16-7-9-28-10-8-16)32-13-11-31(12-14-32)20-5-3-17(15-18(20)24(25,26)27)29-19-4-6-21(33)30-22(19)34/h3,5,15-16,19,28-29H,4,6-14H2,1-2H3,(H,30,33,34). The smallest absolute Gasteiger partial charge is 0.374 e. The fourth-order valence-electron chi connectivity index (χ4n) is 5.47. The summed E-state index contributed by atoms with van der Waals surface area (Å²) in [6, 6.07) is 3.42. The average Bonchev–Trinajstić information content (AvgIpc) is 2.81. The van der Waals surface area contributed by atoms with Gasteiger partial charge in [-0.25, -0.2) is 0 Å². The molecular formula is C24H34F3N5O2. The van der Waals surface area contributed by atoms with E-state index < -0.39 is 23.7 Å². The number of piperidine rings is 2. The van der Waals surface area contributed by atoms with Crippen LogP contribution in [0.25, 0.3) is 0 Å². The minimum atomic E-state index is -4.52. The summed E-state index contributed by atoms with van der Waals surface area (Å²) in [5.41, 5.74) is -0.315. The van der Waals surface area contributed by atoms with Gasteiger partial charge in [0.15, 0.2) is 0 Å². The summed E-state index contributed by atoms with van der Waals surface area (Å²) in [4.78, 5) is 27.6. The monoisotopic (exact) mass is 481 g/mol. The Labute approximate surface area is 198 Å². The normalized spacial score (nSPS) is 23.7. The Balaban J connectivity index is 1.46. The molecule has 10 heteroatoms. The Bertz CT molecular complexity index is 906. The van der Waals surface area contributed by atoms with Gasteiger partial charge >= 0.3 is 6.18 Å². The fourth-order valence-corrected chi connectivity index (χ4v) is 5.47. The molecule has 0 saturated carbocycles. The number of alkyl halides is 3. The van der Waals surface area contributed by atoms with Crippen LogP contribution in [-0.4, -0.2) is 67.6 Å². The zero-order chi connectivity index (χ0) is 24.5. The topological polar surface area (TPSA) is 76.7 Å². The summed E-state index contributed by atoms with van der Waals surface area (Å²) >= 11 is 0. The highest BCUT2D eigenvalue weighted by Gasteiger charge is 2.40. The van der Waals surface area contributed by atoms with Gasteiger partial charge in [0.25, 0.3) is 0 Å². The number of hydrogen-bond donors (Lipinski definition) is 3. The predicted octanol–water partition coefficient (Wildman–Crippen LogP) is 2.82. The van der Waals surface area contributed by atoms with Gasteiger partial charge in [-0.3, -0.25) is 19.8 Å². The van der Waals surface area contributed by atoms with Gasteiger partial charge in [0.1, 0.15) is 6.04 Å². The number of anilines is 2. The van der Waals surface area contributed by atoms with Crippen LogP contribution >= 0.6 is 0 Å². The van der Waals surface area contributed by atoms with Crippen LogP contribution in [0, 0.1) is 5.92 Å². The maximum Gasteiger partial charge on any atom is 0.418 e. The molecule has 2 amide bonds. The van der Waals surface area contributed by atoms with Crippen LogP contribution in [0.4, 0.5) is 24.5 Å². The Morgan fingerprint density at radius 3 is 2.29 bits per heavy atom. The lowest BCUT2D eigenvalue weighted by atomic mass is 9.79. The Kier molecular flexibility index (Phi) is 7.09. The van der Waals surface area contributed by atoms with Gasteiger partial charge in [-0.1, -0.05) is 0 Å². The molecule has 0 bridgehead atoms. The third-order valence-electron chi connectivity index (χ3n) is 7.66. The van der Waals surface area contributed by atoms with Crippen LogP contribution in [0.5, 0.6) is 0 Å². The third-order valence-corrected chi connectivity index (χ3v) is 7.66. The van der Waals surface area contributed by atoms with Gasteiger partial charge in [-0.05, 0) is 70.3 Å². The zero-order valence-electron chi connectivity index (χ0n) is 19.8. The highest BCUT2D eigenvalue weighted by molar-refractivity contribution is 6.01. The highest BCUT2D eigenvalue weighted by Crippen LogP contribution is 2.40. The van der Waals surface area contributed by atoms with Crippen molar-refractivity contribution < 1.29 is 22.8 Å². The largest absolute Gasteiger partial charge is 0.418 e. The maximum absolute atomic E-state index is 14.0. The summed E-state index contributed by atoms with van der Waals surface area (Å²) < 4.78 is 42.0. The minimum Gasteiger partial charge on any atom is -0.374 e. The average molecular weight is 482 g/mol. The van der Waals surface area contributed by atoms with Crippen molar-refractivity contribution >= 4 is 23.2 Å². The molecule has 3 heterocycles. The van der Waals surface area contributed by atoms with Crippen molar-refractivity contribution in [3.8, 4) is 0 Å². The number of imide groups is 1. The molecule has 0 aromatic heterocycles. The lowest BCUT2D eigenvalue weighted by molar-refractivity contribution is -0.137. The molecular weight excluding hydrogens is 447 g/mol. The van der Waals surface area contributed by atoms with Crippen LogP contribution in [0.2, 0.25) is 0 Å². The molecule has 188 valence electrons. The number of rotatable bonds is 5. The molecule has 3 saturated heterocycles.